The van der Waals surface area contributed by atoms with Crippen molar-refractivity contribution < 1.29 is 18.8 Å². The average Bonchev–Trinajstić information content (AvgIpc) is 3.10. The van der Waals surface area contributed by atoms with Gasteiger partial charge in [0, 0.05) is 22.6 Å². The van der Waals surface area contributed by atoms with E-state index < -0.39 is 0 Å². The Morgan fingerprint density at radius 2 is 1.76 bits per heavy atom. The molecule has 0 aliphatic carbocycles. The lowest BCUT2D eigenvalue weighted by molar-refractivity contribution is -0.932. The SMILES string of the molecule is CC(=O)c1c(C)oc2c1c1c(c3ccccc32)OC[NH+](CCc2ccccc2)C1. The monoisotopic (exact) mass is 386 g/mol. The van der Waals surface area contributed by atoms with Crippen molar-refractivity contribution in [2.75, 3.05) is 13.3 Å². The molecule has 1 atom stereocenters. The van der Waals surface area contributed by atoms with Gasteiger partial charge >= 0.3 is 0 Å². The number of hydrogen-bond acceptors (Lipinski definition) is 3. The molecule has 1 N–H and O–H groups in total. The number of carbonyl (C=O) groups is 1. The lowest BCUT2D eigenvalue weighted by Gasteiger charge is -2.28. The van der Waals surface area contributed by atoms with E-state index in [2.05, 4.69) is 30.3 Å². The predicted molar refractivity (Wildman–Crippen MR) is 114 cm³/mol. The zero-order valence-corrected chi connectivity index (χ0v) is 16.7. The first-order chi connectivity index (χ1) is 14.1. The van der Waals surface area contributed by atoms with E-state index in [9.17, 15) is 4.79 Å². The minimum Gasteiger partial charge on any atom is -0.460 e. The molecular formula is C25H24NO3+. The number of rotatable bonds is 4. The molecule has 0 spiro atoms. The Bertz CT molecular complexity index is 1220. The zero-order chi connectivity index (χ0) is 20.0. The molecule has 1 unspecified atom stereocenters. The van der Waals surface area contributed by atoms with Gasteiger partial charge in [-0.15, -0.1) is 0 Å². The van der Waals surface area contributed by atoms with Crippen LogP contribution < -0.4 is 9.64 Å². The third-order valence-corrected chi connectivity index (χ3v) is 5.89. The molecule has 1 aromatic heterocycles. The highest BCUT2D eigenvalue weighted by Crippen LogP contribution is 2.42. The molecule has 29 heavy (non-hydrogen) atoms. The van der Waals surface area contributed by atoms with Crippen LogP contribution in [0.15, 0.2) is 59.0 Å². The van der Waals surface area contributed by atoms with Crippen LogP contribution in [0.5, 0.6) is 5.75 Å². The van der Waals surface area contributed by atoms with Crippen molar-refractivity contribution in [3.8, 4) is 5.75 Å². The summed E-state index contributed by atoms with van der Waals surface area (Å²) in [5, 5.41) is 2.99. The molecule has 1 aliphatic heterocycles. The smallest absolute Gasteiger partial charge is 0.222 e. The van der Waals surface area contributed by atoms with Gasteiger partial charge < -0.3 is 9.15 Å². The maximum absolute atomic E-state index is 12.4. The number of furan rings is 1. The zero-order valence-electron chi connectivity index (χ0n) is 16.7. The molecule has 0 amide bonds. The van der Waals surface area contributed by atoms with Crippen LogP contribution in [0.2, 0.25) is 0 Å². The Morgan fingerprint density at radius 1 is 1.03 bits per heavy atom. The molecule has 0 bridgehead atoms. The Morgan fingerprint density at radius 3 is 2.52 bits per heavy atom. The van der Waals surface area contributed by atoms with Crippen LogP contribution in [-0.4, -0.2) is 19.1 Å². The fraction of sp³-hybridized carbons (Fsp3) is 0.240. The molecule has 5 rings (SSSR count). The number of hydrogen-bond donors (Lipinski definition) is 1. The van der Waals surface area contributed by atoms with Gasteiger partial charge in [0.05, 0.1) is 17.7 Å². The van der Waals surface area contributed by atoms with Gasteiger partial charge in [-0.1, -0.05) is 54.6 Å². The van der Waals surface area contributed by atoms with Gasteiger partial charge in [0.25, 0.3) is 0 Å². The Balaban J connectivity index is 1.61. The topological polar surface area (TPSA) is 43.9 Å². The fourth-order valence-corrected chi connectivity index (χ4v) is 4.54. The highest BCUT2D eigenvalue weighted by Gasteiger charge is 2.30. The second-order valence-electron chi connectivity index (χ2n) is 7.85. The quantitative estimate of drug-likeness (QED) is 0.538. The van der Waals surface area contributed by atoms with Crippen molar-refractivity contribution in [3.63, 3.8) is 0 Å². The Labute approximate surface area is 169 Å². The lowest BCUT2D eigenvalue weighted by atomic mass is 9.95. The largest absolute Gasteiger partial charge is 0.460 e. The minimum absolute atomic E-state index is 0.0372. The van der Waals surface area contributed by atoms with E-state index in [0.29, 0.717) is 18.1 Å². The van der Waals surface area contributed by atoms with Crippen LogP contribution >= 0.6 is 0 Å². The summed E-state index contributed by atoms with van der Waals surface area (Å²) in [5.74, 6) is 1.62. The van der Waals surface area contributed by atoms with Crippen molar-refractivity contribution in [2.24, 2.45) is 0 Å². The van der Waals surface area contributed by atoms with E-state index in [4.69, 9.17) is 9.15 Å². The highest BCUT2D eigenvalue weighted by molar-refractivity contribution is 6.17. The summed E-state index contributed by atoms with van der Waals surface area (Å²) in [4.78, 5) is 13.8. The molecule has 1 aliphatic rings. The van der Waals surface area contributed by atoms with Crippen LogP contribution in [0.3, 0.4) is 0 Å². The average molecular weight is 386 g/mol. The van der Waals surface area contributed by atoms with E-state index in [1.165, 1.54) is 10.5 Å². The summed E-state index contributed by atoms with van der Waals surface area (Å²) in [7, 11) is 0. The maximum Gasteiger partial charge on any atom is 0.222 e. The first kappa shape index (κ1) is 18.0. The summed E-state index contributed by atoms with van der Waals surface area (Å²) in [6, 6.07) is 18.7. The molecule has 4 aromatic rings. The molecule has 0 fully saturated rings. The summed E-state index contributed by atoms with van der Waals surface area (Å²) < 4.78 is 12.4. The first-order valence-electron chi connectivity index (χ1n) is 10.1. The predicted octanol–water partition coefficient (Wildman–Crippen LogP) is 4.07. The first-order valence-corrected chi connectivity index (χ1v) is 10.1. The number of fused-ring (bicyclic) bond motifs is 6. The maximum atomic E-state index is 12.4. The second-order valence-corrected chi connectivity index (χ2v) is 7.85. The molecular weight excluding hydrogens is 362 g/mol. The molecule has 0 saturated heterocycles. The number of nitrogens with one attached hydrogen (secondary N) is 1. The van der Waals surface area contributed by atoms with Crippen LogP contribution in [0.1, 0.15) is 34.2 Å². The van der Waals surface area contributed by atoms with Gasteiger partial charge in [-0.2, -0.15) is 0 Å². The van der Waals surface area contributed by atoms with Gasteiger partial charge in [-0.3, -0.25) is 9.69 Å². The Kier molecular flexibility index (Phi) is 4.36. The number of benzene rings is 3. The minimum atomic E-state index is 0.0372. The van der Waals surface area contributed by atoms with E-state index in [0.717, 1.165) is 52.6 Å². The van der Waals surface area contributed by atoms with Crippen molar-refractivity contribution in [3.05, 3.63) is 77.0 Å². The number of Topliss-reactive ketones (excluding diaryl/α,β-unsaturated/α-hetero) is 1. The molecule has 3 aromatic carbocycles. The summed E-state index contributed by atoms with van der Waals surface area (Å²) >= 11 is 0. The van der Waals surface area contributed by atoms with E-state index >= 15 is 0 Å². The third-order valence-electron chi connectivity index (χ3n) is 5.89. The molecule has 2 heterocycles. The van der Waals surface area contributed by atoms with Crippen molar-refractivity contribution in [2.45, 2.75) is 26.8 Å². The van der Waals surface area contributed by atoms with Gasteiger partial charge in [0.15, 0.2) is 5.78 Å². The molecule has 4 nitrogen and oxygen atoms in total. The summed E-state index contributed by atoms with van der Waals surface area (Å²) in [6.07, 6.45) is 0.996. The molecule has 0 saturated carbocycles. The number of ether oxygens (including phenoxy) is 1. The van der Waals surface area contributed by atoms with E-state index in [1.807, 2.05) is 31.2 Å². The van der Waals surface area contributed by atoms with E-state index in [1.54, 1.807) is 6.92 Å². The van der Waals surface area contributed by atoms with Crippen LogP contribution in [0.4, 0.5) is 0 Å². The summed E-state index contributed by atoms with van der Waals surface area (Å²) in [6.45, 7) is 5.92. The van der Waals surface area contributed by atoms with Gasteiger partial charge in [0.1, 0.15) is 23.6 Å². The fourth-order valence-electron chi connectivity index (χ4n) is 4.54. The van der Waals surface area contributed by atoms with E-state index in [-0.39, 0.29) is 5.78 Å². The van der Waals surface area contributed by atoms with Crippen LogP contribution in [0, 0.1) is 6.92 Å². The van der Waals surface area contributed by atoms with Crippen molar-refractivity contribution >= 4 is 27.5 Å². The molecule has 0 radical (unpaired) electrons. The lowest BCUT2D eigenvalue weighted by Crippen LogP contribution is -3.12. The summed E-state index contributed by atoms with van der Waals surface area (Å²) in [5.41, 5.74) is 3.91. The second kappa shape index (κ2) is 7.05. The molecule has 146 valence electrons. The van der Waals surface area contributed by atoms with Crippen molar-refractivity contribution in [1.82, 2.24) is 0 Å². The van der Waals surface area contributed by atoms with Crippen LogP contribution in [0.25, 0.3) is 21.7 Å². The third kappa shape index (κ3) is 3.00. The number of aryl methyl sites for hydroxylation is 1. The number of carbonyl (C=O) groups excluding carboxylic acids is 1. The standard InChI is InChI=1S/C25H23NO3/c1-16(27)22-17(2)29-25-20-11-7-6-10-19(20)24-21(23(22)25)14-26(15-28-24)13-12-18-8-4-3-5-9-18/h3-11H,12-15H2,1-2H3/p+1. The van der Waals surface area contributed by atoms with Gasteiger partial charge in [-0.05, 0) is 19.4 Å². The van der Waals surface area contributed by atoms with Gasteiger partial charge in [0.2, 0.25) is 6.73 Å². The highest BCUT2D eigenvalue weighted by atomic mass is 16.5. The van der Waals surface area contributed by atoms with Gasteiger partial charge in [-0.25, -0.2) is 0 Å². The Hall–Kier alpha value is -3.11. The number of quaternary nitrogens is 1. The number of ketones is 1. The van der Waals surface area contributed by atoms with Crippen LogP contribution in [-0.2, 0) is 13.0 Å². The van der Waals surface area contributed by atoms with Crippen molar-refractivity contribution in [1.29, 1.82) is 0 Å². The molecule has 4 heteroatoms. The normalized spacial score (nSPS) is 16.0.